The van der Waals surface area contributed by atoms with Crippen molar-refractivity contribution in [1.82, 2.24) is 10.6 Å². The second-order valence-corrected chi connectivity index (χ2v) is 8.98. The Morgan fingerprint density at radius 1 is 0.917 bits per heavy atom. The maximum Gasteiger partial charge on any atom is 0.225 e. The minimum atomic E-state index is -0.438. The van der Waals surface area contributed by atoms with Crippen LogP contribution in [0.3, 0.4) is 0 Å². The molecule has 0 unspecified atom stereocenters. The van der Waals surface area contributed by atoms with Gasteiger partial charge in [0.05, 0.1) is 5.60 Å². The predicted octanol–water partition coefficient (Wildman–Crippen LogP) is 3.28. The van der Waals surface area contributed by atoms with Crippen LogP contribution in [0.4, 0.5) is 0 Å². The van der Waals surface area contributed by atoms with Crippen molar-refractivity contribution in [3.05, 3.63) is 0 Å². The van der Waals surface area contributed by atoms with Crippen molar-refractivity contribution < 1.29 is 14.3 Å². The first-order valence-electron chi connectivity index (χ1n) is 8.92. The van der Waals surface area contributed by atoms with E-state index in [1.807, 2.05) is 27.7 Å². The highest BCUT2D eigenvalue weighted by atomic mass is 16.5. The van der Waals surface area contributed by atoms with Gasteiger partial charge in [0.2, 0.25) is 11.8 Å². The van der Waals surface area contributed by atoms with E-state index >= 15 is 0 Å². The number of hydrogen-bond acceptors (Lipinski definition) is 3. The molecule has 24 heavy (non-hydrogen) atoms. The number of carbonyl (C=O) groups is 2. The number of nitrogens with one attached hydrogen (secondary N) is 2. The first kappa shape index (κ1) is 22.9. The van der Waals surface area contributed by atoms with Gasteiger partial charge in [0, 0.05) is 32.0 Å². The Hall–Kier alpha value is -1.10. The lowest BCUT2D eigenvalue weighted by Gasteiger charge is -2.28. The molecule has 0 atom stereocenters. The number of ether oxygens (including phenoxy) is 1. The third-order valence-electron chi connectivity index (χ3n) is 4.21. The topological polar surface area (TPSA) is 67.4 Å². The zero-order chi connectivity index (χ0) is 19.0. The van der Waals surface area contributed by atoms with Gasteiger partial charge in [0.15, 0.2) is 0 Å². The molecule has 142 valence electrons. The fraction of sp³-hybridized carbons (Fsp3) is 0.895. The number of rotatable bonds is 10. The molecule has 2 N–H and O–H groups in total. The Labute approximate surface area is 148 Å². The van der Waals surface area contributed by atoms with Crippen molar-refractivity contribution in [3.8, 4) is 0 Å². The maximum atomic E-state index is 11.8. The van der Waals surface area contributed by atoms with Crippen LogP contribution < -0.4 is 10.6 Å². The Bertz CT molecular complexity index is 409. The van der Waals surface area contributed by atoms with Crippen molar-refractivity contribution in [2.45, 2.75) is 79.8 Å². The van der Waals surface area contributed by atoms with E-state index in [0.29, 0.717) is 26.0 Å². The van der Waals surface area contributed by atoms with Gasteiger partial charge in [-0.1, -0.05) is 34.6 Å². The smallest absolute Gasteiger partial charge is 0.225 e. The van der Waals surface area contributed by atoms with E-state index in [2.05, 4.69) is 31.4 Å². The van der Waals surface area contributed by atoms with Crippen LogP contribution in [-0.2, 0) is 14.3 Å². The molecular formula is C19H38N2O3. The summed E-state index contributed by atoms with van der Waals surface area (Å²) in [5.41, 5.74) is -0.584. The monoisotopic (exact) mass is 342 g/mol. The highest BCUT2D eigenvalue weighted by Gasteiger charge is 2.27. The van der Waals surface area contributed by atoms with Gasteiger partial charge >= 0.3 is 0 Å². The highest BCUT2D eigenvalue weighted by Crippen LogP contribution is 2.23. The largest absolute Gasteiger partial charge is 0.375 e. The molecule has 0 aromatic rings. The lowest BCUT2D eigenvalue weighted by atomic mass is 9.88. The van der Waals surface area contributed by atoms with Crippen LogP contribution in [0, 0.1) is 10.8 Å². The predicted molar refractivity (Wildman–Crippen MR) is 98.8 cm³/mol. The molecule has 0 bridgehead atoms. The van der Waals surface area contributed by atoms with E-state index in [1.54, 1.807) is 7.05 Å². The summed E-state index contributed by atoms with van der Waals surface area (Å²) in [5, 5.41) is 5.64. The zero-order valence-electron chi connectivity index (χ0n) is 17.0. The molecule has 2 amide bonds. The maximum absolute atomic E-state index is 11.8. The van der Waals surface area contributed by atoms with Crippen molar-refractivity contribution >= 4 is 11.8 Å². The summed E-state index contributed by atoms with van der Waals surface area (Å²) in [5.74, 6) is 0.122. The van der Waals surface area contributed by atoms with E-state index in [-0.39, 0.29) is 22.8 Å². The Balaban J connectivity index is 4.06. The van der Waals surface area contributed by atoms with Gasteiger partial charge in [-0.05, 0) is 38.5 Å². The van der Waals surface area contributed by atoms with Gasteiger partial charge in [-0.3, -0.25) is 9.59 Å². The summed E-state index contributed by atoms with van der Waals surface area (Å²) in [6.07, 6.45) is 2.85. The lowest BCUT2D eigenvalue weighted by Crippen LogP contribution is -2.37. The number of hydrogen-bond donors (Lipinski definition) is 2. The van der Waals surface area contributed by atoms with Crippen LogP contribution in [0.25, 0.3) is 0 Å². The number of carbonyl (C=O) groups excluding carboxylic acids is 2. The standard InChI is InChI=1S/C19H38N2O3/c1-17(2,3)10-9-15(22)21-13-11-19(6,7)24-14-12-18(4,5)16(23)20-8/h9-14H2,1-8H3,(H,20,23)(H,21,22). The van der Waals surface area contributed by atoms with Crippen molar-refractivity contribution in [3.63, 3.8) is 0 Å². The quantitative estimate of drug-likeness (QED) is 0.640. The lowest BCUT2D eigenvalue weighted by molar-refractivity contribution is -0.131. The van der Waals surface area contributed by atoms with Gasteiger partial charge in [-0.25, -0.2) is 0 Å². The van der Waals surface area contributed by atoms with E-state index in [1.165, 1.54) is 0 Å². The van der Waals surface area contributed by atoms with Crippen LogP contribution in [0.15, 0.2) is 0 Å². The second kappa shape index (κ2) is 9.40. The summed E-state index contributed by atoms with van der Waals surface area (Å²) in [6.45, 7) is 15.4. The van der Waals surface area contributed by atoms with Crippen molar-refractivity contribution in [1.29, 1.82) is 0 Å². The molecule has 5 heteroatoms. The van der Waals surface area contributed by atoms with Crippen LogP contribution in [0.2, 0.25) is 0 Å². The van der Waals surface area contributed by atoms with Gasteiger partial charge in [-0.2, -0.15) is 0 Å². The fourth-order valence-electron chi connectivity index (χ4n) is 2.19. The molecule has 0 rings (SSSR count). The van der Waals surface area contributed by atoms with Crippen LogP contribution >= 0.6 is 0 Å². The van der Waals surface area contributed by atoms with Gasteiger partial charge < -0.3 is 15.4 Å². The molecule has 0 aliphatic carbocycles. The van der Waals surface area contributed by atoms with Gasteiger partial charge in [-0.15, -0.1) is 0 Å². The fourth-order valence-corrected chi connectivity index (χ4v) is 2.19. The summed E-state index contributed by atoms with van der Waals surface area (Å²) in [7, 11) is 1.65. The van der Waals surface area contributed by atoms with Gasteiger partial charge in [0.25, 0.3) is 0 Å². The first-order chi connectivity index (χ1) is 10.8. The second-order valence-electron chi connectivity index (χ2n) is 8.98. The first-order valence-corrected chi connectivity index (χ1v) is 8.92. The molecule has 0 saturated heterocycles. The molecule has 0 aromatic carbocycles. The SMILES string of the molecule is CNC(=O)C(C)(C)CCOC(C)(C)CCNC(=O)CCC(C)(C)C. The molecule has 0 saturated carbocycles. The van der Waals surface area contributed by atoms with Crippen LogP contribution in [0.5, 0.6) is 0 Å². The molecule has 0 aliphatic rings. The van der Waals surface area contributed by atoms with Crippen molar-refractivity contribution in [2.75, 3.05) is 20.2 Å². The summed E-state index contributed by atoms with van der Waals surface area (Å²) in [6, 6.07) is 0. The van der Waals surface area contributed by atoms with Crippen molar-refractivity contribution in [2.24, 2.45) is 10.8 Å². The molecule has 0 spiro atoms. The summed E-state index contributed by atoms with van der Waals surface area (Å²) in [4.78, 5) is 23.6. The zero-order valence-corrected chi connectivity index (χ0v) is 17.0. The molecule has 0 heterocycles. The van der Waals surface area contributed by atoms with E-state index < -0.39 is 5.41 Å². The average molecular weight is 343 g/mol. The molecule has 0 aromatic heterocycles. The third kappa shape index (κ3) is 10.6. The van der Waals surface area contributed by atoms with E-state index in [9.17, 15) is 9.59 Å². The highest BCUT2D eigenvalue weighted by molar-refractivity contribution is 5.81. The van der Waals surface area contributed by atoms with E-state index in [0.717, 1.165) is 12.8 Å². The Kier molecular flexibility index (Phi) is 8.97. The average Bonchev–Trinajstić information content (AvgIpc) is 2.42. The van der Waals surface area contributed by atoms with Crippen LogP contribution in [0.1, 0.15) is 74.1 Å². The summed E-state index contributed by atoms with van der Waals surface area (Å²) >= 11 is 0. The molecular weight excluding hydrogens is 304 g/mol. The Morgan fingerprint density at radius 3 is 2.00 bits per heavy atom. The number of amides is 2. The Morgan fingerprint density at radius 2 is 1.50 bits per heavy atom. The van der Waals surface area contributed by atoms with Crippen LogP contribution in [-0.4, -0.2) is 37.6 Å². The third-order valence-corrected chi connectivity index (χ3v) is 4.21. The minimum absolute atomic E-state index is 0.0232. The minimum Gasteiger partial charge on any atom is -0.375 e. The normalized spacial score (nSPS) is 12.8. The molecule has 0 aliphatic heterocycles. The van der Waals surface area contributed by atoms with Gasteiger partial charge in [0.1, 0.15) is 0 Å². The summed E-state index contributed by atoms with van der Waals surface area (Å²) < 4.78 is 5.92. The molecule has 0 radical (unpaired) electrons. The molecule has 5 nitrogen and oxygen atoms in total. The molecule has 0 fully saturated rings. The van der Waals surface area contributed by atoms with E-state index in [4.69, 9.17) is 4.74 Å².